The molecule has 0 radical (unpaired) electrons. The van der Waals surface area contributed by atoms with Crippen LogP contribution in [0.15, 0.2) is 52.9 Å². The van der Waals surface area contributed by atoms with Crippen LogP contribution in [0.3, 0.4) is 0 Å². The molecule has 0 spiro atoms. The third-order valence-corrected chi connectivity index (χ3v) is 10.2. The minimum atomic E-state index is -2.98. The fourth-order valence-corrected chi connectivity index (χ4v) is 7.15. The van der Waals surface area contributed by atoms with Gasteiger partial charge in [0.1, 0.15) is 17.0 Å². The number of carbonyl (C=O) groups excluding carboxylic acids is 1. The van der Waals surface area contributed by atoms with Crippen LogP contribution < -0.4 is 10.2 Å². The molecule has 2 saturated carbocycles. The van der Waals surface area contributed by atoms with Crippen LogP contribution >= 0.6 is 0 Å². The van der Waals surface area contributed by atoms with E-state index in [1.54, 1.807) is 18.2 Å². The van der Waals surface area contributed by atoms with Crippen LogP contribution in [0.1, 0.15) is 55.8 Å². The molecule has 3 aliphatic rings. The topological polar surface area (TPSA) is 140 Å². The summed E-state index contributed by atoms with van der Waals surface area (Å²) in [6.07, 6.45) is 4.65. The summed E-state index contributed by atoms with van der Waals surface area (Å²) in [4.78, 5) is 20.4. The Morgan fingerprint density at radius 2 is 1.73 bits per heavy atom. The van der Waals surface area contributed by atoms with Gasteiger partial charge in [0.25, 0.3) is 0 Å². The van der Waals surface area contributed by atoms with Gasteiger partial charge in [-0.15, -0.1) is 0 Å². The molecule has 1 amide bonds. The van der Waals surface area contributed by atoms with Crippen LogP contribution in [0.2, 0.25) is 0 Å². The summed E-state index contributed by atoms with van der Waals surface area (Å²) in [6.45, 7) is 0.907. The Bertz CT molecular complexity index is 1650. The smallest absolute Gasteiger partial charge is 0.228 e. The number of nitrogens with one attached hydrogen (secondary N) is 1. The van der Waals surface area contributed by atoms with Gasteiger partial charge in [-0.25, -0.2) is 13.4 Å². The molecule has 0 unspecified atom stereocenters. The minimum Gasteiger partial charge on any atom is -0.440 e. The van der Waals surface area contributed by atoms with Crippen molar-refractivity contribution >= 4 is 21.4 Å². The molecule has 1 saturated heterocycles. The zero-order valence-electron chi connectivity index (χ0n) is 22.7. The van der Waals surface area contributed by atoms with E-state index in [-0.39, 0.29) is 29.2 Å². The highest BCUT2D eigenvalue weighted by Crippen LogP contribution is 2.45. The first-order chi connectivity index (χ1) is 19.8. The number of nitriles is 2. The van der Waals surface area contributed by atoms with E-state index in [4.69, 9.17) is 9.40 Å². The van der Waals surface area contributed by atoms with E-state index >= 15 is 0 Å². The number of anilines is 1. The number of aromatic nitrogens is 1. The largest absolute Gasteiger partial charge is 0.440 e. The van der Waals surface area contributed by atoms with Crippen molar-refractivity contribution in [2.75, 3.05) is 29.5 Å². The Morgan fingerprint density at radius 3 is 2.41 bits per heavy atom. The van der Waals surface area contributed by atoms with Crippen LogP contribution in [0.4, 0.5) is 5.69 Å². The highest BCUT2D eigenvalue weighted by molar-refractivity contribution is 7.91. The Morgan fingerprint density at radius 1 is 1.02 bits per heavy atom. The molecule has 10 heteroatoms. The van der Waals surface area contributed by atoms with Crippen molar-refractivity contribution in [1.82, 2.24) is 10.3 Å². The second-order valence-electron chi connectivity index (χ2n) is 11.3. The van der Waals surface area contributed by atoms with Crippen molar-refractivity contribution in [1.29, 1.82) is 10.5 Å². The SMILES string of the molecule is N#Cc1ccccc1-c1nc(-c2ccc(N3CCS(=O)(=O)CC3)cc2)c([C@@H]2CCCC[C@H]2C(=O)NC2(C#N)CC2)o1. The van der Waals surface area contributed by atoms with Crippen LogP contribution in [-0.2, 0) is 14.6 Å². The van der Waals surface area contributed by atoms with Gasteiger partial charge < -0.3 is 14.6 Å². The van der Waals surface area contributed by atoms with Crippen LogP contribution in [0.25, 0.3) is 22.7 Å². The fourth-order valence-electron chi connectivity index (χ4n) is 5.95. The summed E-state index contributed by atoms with van der Waals surface area (Å²) in [5.74, 6) is 0.532. The summed E-state index contributed by atoms with van der Waals surface area (Å²) in [7, 11) is -2.98. The number of hydrogen-bond acceptors (Lipinski definition) is 8. The van der Waals surface area contributed by atoms with Gasteiger partial charge in [0.05, 0.1) is 34.8 Å². The molecule has 2 aliphatic carbocycles. The molecule has 1 aliphatic heterocycles. The molecule has 2 atom stereocenters. The molecule has 2 heterocycles. The van der Waals surface area contributed by atoms with Gasteiger partial charge in [0.15, 0.2) is 9.84 Å². The number of hydrogen-bond donors (Lipinski definition) is 1. The molecule has 41 heavy (non-hydrogen) atoms. The number of sulfone groups is 1. The van der Waals surface area contributed by atoms with Crippen molar-refractivity contribution < 1.29 is 17.6 Å². The van der Waals surface area contributed by atoms with Gasteiger partial charge >= 0.3 is 0 Å². The van der Waals surface area contributed by atoms with Crippen molar-refractivity contribution in [3.63, 3.8) is 0 Å². The van der Waals surface area contributed by atoms with Gasteiger partial charge in [-0.1, -0.05) is 37.1 Å². The molecule has 3 aromatic rings. The quantitative estimate of drug-likeness (QED) is 0.456. The van der Waals surface area contributed by atoms with E-state index in [1.165, 1.54) is 0 Å². The van der Waals surface area contributed by atoms with E-state index in [2.05, 4.69) is 22.4 Å². The highest BCUT2D eigenvalue weighted by Gasteiger charge is 2.47. The third-order valence-electron chi connectivity index (χ3n) is 8.55. The Kier molecular flexibility index (Phi) is 7.04. The molecule has 3 fully saturated rings. The number of oxazole rings is 1. The summed E-state index contributed by atoms with van der Waals surface area (Å²) >= 11 is 0. The van der Waals surface area contributed by atoms with Crippen LogP contribution in [0.5, 0.6) is 0 Å². The lowest BCUT2D eigenvalue weighted by atomic mass is 9.76. The van der Waals surface area contributed by atoms with Crippen molar-refractivity contribution in [3.05, 3.63) is 59.9 Å². The van der Waals surface area contributed by atoms with E-state index in [1.807, 2.05) is 30.3 Å². The summed E-state index contributed by atoms with van der Waals surface area (Å²) in [6, 6.07) is 19.5. The van der Waals surface area contributed by atoms with E-state index in [0.717, 1.165) is 30.5 Å². The second-order valence-corrected chi connectivity index (χ2v) is 13.6. The van der Waals surface area contributed by atoms with Crippen molar-refractivity contribution in [3.8, 4) is 34.8 Å². The summed E-state index contributed by atoms with van der Waals surface area (Å²) in [5.41, 5.74) is 2.68. The maximum Gasteiger partial charge on any atom is 0.228 e. The number of rotatable bonds is 6. The minimum absolute atomic E-state index is 0.120. The number of nitrogens with zero attached hydrogens (tertiary/aromatic N) is 4. The van der Waals surface area contributed by atoms with Gasteiger partial charge in [-0.05, 0) is 49.9 Å². The molecular weight excluding hydrogens is 538 g/mol. The number of amides is 1. The lowest BCUT2D eigenvalue weighted by Gasteiger charge is -2.30. The summed E-state index contributed by atoms with van der Waals surface area (Å²) < 4.78 is 30.2. The lowest BCUT2D eigenvalue weighted by Crippen LogP contribution is -2.42. The zero-order valence-corrected chi connectivity index (χ0v) is 23.5. The monoisotopic (exact) mass is 569 g/mol. The van der Waals surface area contributed by atoms with Gasteiger partial charge in [0.2, 0.25) is 11.8 Å². The Labute approximate surface area is 239 Å². The molecule has 2 aromatic carbocycles. The predicted octanol–water partition coefficient (Wildman–Crippen LogP) is 4.56. The van der Waals surface area contributed by atoms with Crippen LogP contribution in [0, 0.1) is 28.6 Å². The molecule has 1 N–H and O–H groups in total. The van der Waals surface area contributed by atoms with E-state index in [0.29, 0.717) is 60.8 Å². The summed E-state index contributed by atoms with van der Waals surface area (Å²) in [5, 5.41) is 22.3. The Hall–Kier alpha value is -4.15. The van der Waals surface area contributed by atoms with Crippen molar-refractivity contribution in [2.24, 2.45) is 5.92 Å². The molecule has 210 valence electrons. The predicted molar refractivity (Wildman–Crippen MR) is 153 cm³/mol. The van der Waals surface area contributed by atoms with Gasteiger partial charge in [0, 0.05) is 36.2 Å². The highest BCUT2D eigenvalue weighted by atomic mass is 32.2. The molecule has 9 nitrogen and oxygen atoms in total. The molecule has 0 bridgehead atoms. The number of carbonyl (C=O) groups is 1. The molecule has 6 rings (SSSR count). The maximum absolute atomic E-state index is 13.5. The standard InChI is InChI=1S/C31H31N5O4S/c32-19-22-5-1-2-6-24(22)30-34-27(21-9-11-23(12-10-21)36-15-17-41(38,39)18-16-36)28(40-30)25-7-3-4-8-26(25)29(37)35-31(20-33)13-14-31/h1-2,5-6,9-12,25-26H,3-4,7-8,13-18H2,(H,35,37)/t25-,26-/m1/s1. The van der Waals surface area contributed by atoms with E-state index in [9.17, 15) is 23.7 Å². The molecular formula is C31H31N5O4S. The zero-order chi connectivity index (χ0) is 28.6. The fraction of sp³-hybridized carbons (Fsp3) is 0.419. The average molecular weight is 570 g/mol. The first kappa shape index (κ1) is 27.0. The molecule has 1 aromatic heterocycles. The second kappa shape index (κ2) is 10.7. The Balaban J connectivity index is 1.37. The van der Waals surface area contributed by atoms with Gasteiger partial charge in [-0.2, -0.15) is 10.5 Å². The third kappa shape index (κ3) is 5.45. The van der Waals surface area contributed by atoms with E-state index < -0.39 is 15.4 Å². The average Bonchev–Trinajstić information content (AvgIpc) is 3.63. The van der Waals surface area contributed by atoms with Crippen molar-refractivity contribution in [2.45, 2.75) is 50.0 Å². The normalized spacial score (nSPS) is 22.7. The van der Waals surface area contributed by atoms with Crippen LogP contribution in [-0.4, -0.2) is 49.4 Å². The first-order valence-electron chi connectivity index (χ1n) is 14.1. The maximum atomic E-state index is 13.5. The first-order valence-corrected chi connectivity index (χ1v) is 15.9. The number of benzene rings is 2. The van der Waals surface area contributed by atoms with Gasteiger partial charge in [-0.3, -0.25) is 4.79 Å². The lowest BCUT2D eigenvalue weighted by molar-refractivity contribution is -0.127.